The van der Waals surface area contributed by atoms with E-state index in [9.17, 15) is 13.2 Å². The molecule has 0 spiro atoms. The van der Waals surface area contributed by atoms with Crippen molar-refractivity contribution in [2.75, 3.05) is 5.75 Å². The first-order valence-electron chi connectivity index (χ1n) is 8.61. The monoisotopic (exact) mass is 405 g/mol. The van der Waals surface area contributed by atoms with Gasteiger partial charge in [-0.1, -0.05) is 24.3 Å². The van der Waals surface area contributed by atoms with Crippen LogP contribution in [0.25, 0.3) is 16.9 Å². The van der Waals surface area contributed by atoms with Crippen LogP contribution in [0.4, 0.5) is 0 Å². The number of benzene rings is 1. The van der Waals surface area contributed by atoms with Gasteiger partial charge in [0.2, 0.25) is 0 Å². The Morgan fingerprint density at radius 2 is 1.69 bits per heavy atom. The minimum absolute atomic E-state index is 0.0813. The molecular formula is C20H15N5O3S. The molecule has 3 heterocycles. The highest BCUT2D eigenvalue weighted by Gasteiger charge is 2.21. The van der Waals surface area contributed by atoms with Crippen molar-refractivity contribution in [3.8, 4) is 16.9 Å². The first-order valence-corrected chi connectivity index (χ1v) is 10.3. The molecule has 0 aliphatic heterocycles. The Balaban J connectivity index is 1.58. The van der Waals surface area contributed by atoms with E-state index in [-0.39, 0.29) is 10.6 Å². The predicted molar refractivity (Wildman–Crippen MR) is 105 cm³/mol. The van der Waals surface area contributed by atoms with Crippen LogP contribution in [-0.4, -0.2) is 44.7 Å². The molecule has 0 amide bonds. The summed E-state index contributed by atoms with van der Waals surface area (Å²) in [6, 6.07) is 12.8. The van der Waals surface area contributed by atoms with E-state index in [0.29, 0.717) is 16.9 Å². The third kappa shape index (κ3) is 4.09. The summed E-state index contributed by atoms with van der Waals surface area (Å²) in [6.45, 7) is 0. The van der Waals surface area contributed by atoms with Gasteiger partial charge in [0.1, 0.15) is 23.5 Å². The van der Waals surface area contributed by atoms with Crippen LogP contribution >= 0.6 is 0 Å². The van der Waals surface area contributed by atoms with Gasteiger partial charge in [-0.05, 0) is 24.3 Å². The lowest BCUT2D eigenvalue weighted by molar-refractivity contribution is 0.101. The fraction of sp³-hybridized carbons (Fsp3) is 0.0500. The molecule has 8 nitrogen and oxygen atoms in total. The Bertz CT molecular complexity index is 1260. The molecule has 4 aromatic rings. The lowest BCUT2D eigenvalue weighted by atomic mass is 10.2. The molecule has 1 aromatic carbocycles. The second kappa shape index (κ2) is 7.72. The van der Waals surface area contributed by atoms with Crippen LogP contribution in [0.3, 0.4) is 0 Å². The van der Waals surface area contributed by atoms with Crippen LogP contribution in [0, 0.1) is 0 Å². The average Bonchev–Trinajstić information content (AvgIpc) is 3.25. The summed E-state index contributed by atoms with van der Waals surface area (Å²) in [6.07, 6.45) is 7.99. The number of pyridine rings is 1. The number of Topliss-reactive ketones (excluding diaryl/α,β-unsaturated/α-hetero) is 1. The lowest BCUT2D eigenvalue weighted by Gasteiger charge is -2.05. The zero-order valence-corrected chi connectivity index (χ0v) is 15.9. The van der Waals surface area contributed by atoms with Crippen molar-refractivity contribution in [2.24, 2.45) is 0 Å². The van der Waals surface area contributed by atoms with Crippen molar-refractivity contribution in [2.45, 2.75) is 4.90 Å². The average molecular weight is 405 g/mol. The minimum Gasteiger partial charge on any atom is -0.291 e. The largest absolute Gasteiger partial charge is 0.291 e. The van der Waals surface area contributed by atoms with E-state index in [1.54, 1.807) is 59.8 Å². The van der Waals surface area contributed by atoms with Crippen LogP contribution in [0.5, 0.6) is 0 Å². The van der Waals surface area contributed by atoms with Crippen molar-refractivity contribution in [1.82, 2.24) is 24.7 Å². The molecule has 0 N–H and O–H groups in total. The maximum absolute atomic E-state index is 12.6. The van der Waals surface area contributed by atoms with Gasteiger partial charge < -0.3 is 0 Å². The van der Waals surface area contributed by atoms with E-state index in [1.165, 1.54) is 24.5 Å². The molecule has 0 saturated carbocycles. The minimum atomic E-state index is -3.74. The Morgan fingerprint density at radius 3 is 2.45 bits per heavy atom. The highest BCUT2D eigenvalue weighted by molar-refractivity contribution is 7.92. The van der Waals surface area contributed by atoms with Crippen molar-refractivity contribution in [3.63, 3.8) is 0 Å². The van der Waals surface area contributed by atoms with Gasteiger partial charge in [-0.15, -0.1) is 0 Å². The van der Waals surface area contributed by atoms with Gasteiger partial charge in [0, 0.05) is 11.8 Å². The van der Waals surface area contributed by atoms with Crippen LogP contribution in [0.15, 0.2) is 84.5 Å². The number of rotatable bonds is 6. The molecule has 29 heavy (non-hydrogen) atoms. The first-order chi connectivity index (χ1) is 14.0. The van der Waals surface area contributed by atoms with E-state index in [0.717, 1.165) is 0 Å². The van der Waals surface area contributed by atoms with E-state index in [4.69, 9.17) is 0 Å². The van der Waals surface area contributed by atoms with Gasteiger partial charge in [0.15, 0.2) is 15.6 Å². The SMILES string of the molecule is O=C(CS(=O)(=O)c1ccccc1)c1cccc(-c2cnn(-c3cncnc3)c2)n1. The molecule has 0 fully saturated rings. The fourth-order valence-corrected chi connectivity index (χ4v) is 3.95. The van der Waals surface area contributed by atoms with Crippen LogP contribution in [0.1, 0.15) is 10.5 Å². The summed E-state index contributed by atoms with van der Waals surface area (Å²) < 4.78 is 26.5. The summed E-state index contributed by atoms with van der Waals surface area (Å²) in [5, 5.41) is 4.25. The van der Waals surface area contributed by atoms with Gasteiger partial charge >= 0.3 is 0 Å². The maximum atomic E-state index is 12.6. The highest BCUT2D eigenvalue weighted by Crippen LogP contribution is 2.19. The van der Waals surface area contributed by atoms with Crippen molar-refractivity contribution in [1.29, 1.82) is 0 Å². The lowest BCUT2D eigenvalue weighted by Crippen LogP contribution is -2.17. The first kappa shape index (κ1) is 18.6. The molecule has 0 aliphatic rings. The number of nitrogens with zero attached hydrogens (tertiary/aromatic N) is 5. The Hall–Kier alpha value is -3.72. The van der Waals surface area contributed by atoms with Crippen LogP contribution in [0.2, 0.25) is 0 Å². The number of hydrogen-bond acceptors (Lipinski definition) is 7. The maximum Gasteiger partial charge on any atom is 0.196 e. The molecule has 0 bridgehead atoms. The van der Waals surface area contributed by atoms with Crippen molar-refractivity contribution in [3.05, 3.63) is 85.3 Å². The molecule has 9 heteroatoms. The summed E-state index contributed by atoms with van der Waals surface area (Å²) in [5.41, 5.74) is 1.95. The molecule has 3 aromatic heterocycles. The van der Waals surface area contributed by atoms with Crippen molar-refractivity contribution >= 4 is 15.6 Å². The second-order valence-electron chi connectivity index (χ2n) is 6.17. The number of hydrogen-bond donors (Lipinski definition) is 0. The van der Waals surface area contributed by atoms with E-state index in [2.05, 4.69) is 20.1 Å². The number of sulfone groups is 1. The smallest absolute Gasteiger partial charge is 0.196 e. The van der Waals surface area contributed by atoms with Crippen molar-refractivity contribution < 1.29 is 13.2 Å². The molecule has 144 valence electrons. The van der Waals surface area contributed by atoms with Gasteiger partial charge in [-0.3, -0.25) is 4.79 Å². The third-order valence-electron chi connectivity index (χ3n) is 4.15. The quantitative estimate of drug-likeness (QED) is 0.453. The molecule has 0 saturated heterocycles. The number of carbonyl (C=O) groups is 1. The number of carbonyl (C=O) groups excluding carboxylic acids is 1. The standard InChI is InChI=1S/C20H15N5O3S/c26-20(13-29(27,28)17-5-2-1-3-6-17)19-8-4-7-18(24-19)15-9-23-25(12-15)16-10-21-14-22-11-16/h1-12,14H,13H2. The zero-order valence-electron chi connectivity index (χ0n) is 15.1. The highest BCUT2D eigenvalue weighted by atomic mass is 32.2. The van der Waals surface area contributed by atoms with E-state index in [1.807, 2.05) is 0 Å². The van der Waals surface area contributed by atoms with Gasteiger partial charge in [0.25, 0.3) is 0 Å². The fourth-order valence-electron chi connectivity index (χ4n) is 2.71. The van der Waals surface area contributed by atoms with Crippen LogP contribution in [-0.2, 0) is 9.84 Å². The summed E-state index contributed by atoms with van der Waals surface area (Å²) in [7, 11) is -3.74. The molecule has 0 aliphatic carbocycles. The third-order valence-corrected chi connectivity index (χ3v) is 5.78. The van der Waals surface area contributed by atoms with Crippen LogP contribution < -0.4 is 0 Å². The number of aromatic nitrogens is 5. The molecule has 4 rings (SSSR count). The Labute approximate surface area is 166 Å². The predicted octanol–water partition coefficient (Wildman–Crippen LogP) is 2.38. The topological polar surface area (TPSA) is 108 Å². The van der Waals surface area contributed by atoms with E-state index >= 15 is 0 Å². The summed E-state index contributed by atoms with van der Waals surface area (Å²) in [4.78, 5) is 24.9. The van der Waals surface area contributed by atoms with E-state index < -0.39 is 21.4 Å². The molecule has 0 radical (unpaired) electrons. The Morgan fingerprint density at radius 1 is 0.931 bits per heavy atom. The summed E-state index contributed by atoms with van der Waals surface area (Å²) >= 11 is 0. The molecule has 0 unspecified atom stereocenters. The zero-order chi connectivity index (χ0) is 20.3. The molecule has 0 atom stereocenters. The molecular weight excluding hydrogens is 390 g/mol. The summed E-state index contributed by atoms with van der Waals surface area (Å²) in [5.74, 6) is -1.21. The normalized spacial score (nSPS) is 11.3. The second-order valence-corrected chi connectivity index (χ2v) is 8.16. The number of ketones is 1. The Kier molecular flexibility index (Phi) is 4.96. The van der Waals surface area contributed by atoms with Gasteiger partial charge in [-0.2, -0.15) is 5.10 Å². The van der Waals surface area contributed by atoms with Gasteiger partial charge in [-0.25, -0.2) is 28.1 Å². The van der Waals surface area contributed by atoms with Gasteiger partial charge in [0.05, 0.1) is 29.2 Å².